The summed E-state index contributed by atoms with van der Waals surface area (Å²) in [5.41, 5.74) is 1.10. The second-order valence-corrected chi connectivity index (χ2v) is 5.99. The number of aryl methyl sites for hydroxylation is 2. The van der Waals surface area contributed by atoms with Gasteiger partial charge in [0.15, 0.2) is 0 Å². The van der Waals surface area contributed by atoms with Crippen LogP contribution >= 0.6 is 0 Å². The number of carbonyl (C=O) groups excluding carboxylic acids is 1. The van der Waals surface area contributed by atoms with Crippen LogP contribution in [0, 0.1) is 19.8 Å². The summed E-state index contributed by atoms with van der Waals surface area (Å²) < 4.78 is 1.55. The van der Waals surface area contributed by atoms with Crippen molar-refractivity contribution in [2.24, 2.45) is 5.92 Å². The van der Waals surface area contributed by atoms with Gasteiger partial charge in [0, 0.05) is 11.4 Å². The van der Waals surface area contributed by atoms with Gasteiger partial charge < -0.3 is 10.4 Å². The molecule has 2 N–H and O–H groups in total. The van der Waals surface area contributed by atoms with E-state index in [-0.39, 0.29) is 18.3 Å². The summed E-state index contributed by atoms with van der Waals surface area (Å²) in [6, 6.07) is 1.88. The molecule has 1 atom stereocenters. The van der Waals surface area contributed by atoms with E-state index in [2.05, 4.69) is 20.4 Å². The highest BCUT2D eigenvalue weighted by atomic mass is 16.3. The number of hydrogen-bond acceptors (Lipinski definition) is 5. The molecule has 0 spiro atoms. The Labute approximate surface area is 122 Å². The molecule has 0 aromatic carbocycles. The van der Waals surface area contributed by atoms with E-state index in [1.54, 1.807) is 4.52 Å². The van der Waals surface area contributed by atoms with E-state index in [1.807, 2.05) is 26.8 Å². The van der Waals surface area contributed by atoms with Crippen LogP contribution < -0.4 is 5.32 Å². The molecule has 112 valence electrons. The fourth-order valence-corrected chi connectivity index (χ4v) is 2.57. The van der Waals surface area contributed by atoms with Crippen LogP contribution in [0.4, 0.5) is 0 Å². The summed E-state index contributed by atoms with van der Waals surface area (Å²) in [5.74, 6) is 0.442. The summed E-state index contributed by atoms with van der Waals surface area (Å²) in [6.07, 6.45) is 2.05. The van der Waals surface area contributed by atoms with E-state index in [1.165, 1.54) is 0 Å². The fourth-order valence-electron chi connectivity index (χ4n) is 2.57. The van der Waals surface area contributed by atoms with Crippen molar-refractivity contribution in [3.63, 3.8) is 0 Å². The SMILES string of the molecule is Cc1cc(C)n2nc(C(=O)NC(C)(CO)C3CC3)nc2n1. The lowest BCUT2D eigenvalue weighted by Crippen LogP contribution is -2.51. The molecule has 0 saturated heterocycles. The predicted octanol–water partition coefficient (Wildman–Crippen LogP) is 0.632. The number of fused-ring (bicyclic) bond motifs is 1. The Bertz CT molecular complexity index is 707. The molecular formula is C14H19N5O2. The highest BCUT2D eigenvalue weighted by Gasteiger charge is 2.42. The van der Waals surface area contributed by atoms with Crippen molar-refractivity contribution < 1.29 is 9.90 Å². The molecule has 1 aliphatic carbocycles. The van der Waals surface area contributed by atoms with Gasteiger partial charge >= 0.3 is 0 Å². The van der Waals surface area contributed by atoms with Gasteiger partial charge in [0.25, 0.3) is 11.7 Å². The summed E-state index contributed by atoms with van der Waals surface area (Å²) in [7, 11) is 0. The van der Waals surface area contributed by atoms with Gasteiger partial charge in [0.2, 0.25) is 5.82 Å². The van der Waals surface area contributed by atoms with Crippen LogP contribution in [0.1, 0.15) is 41.8 Å². The molecule has 1 aliphatic rings. The lowest BCUT2D eigenvalue weighted by molar-refractivity contribution is 0.0814. The lowest BCUT2D eigenvalue weighted by atomic mass is 9.97. The third kappa shape index (κ3) is 2.49. The third-order valence-corrected chi connectivity index (χ3v) is 4.03. The molecule has 2 aromatic heterocycles. The first-order valence-electron chi connectivity index (χ1n) is 7.07. The van der Waals surface area contributed by atoms with Crippen molar-refractivity contribution in [2.75, 3.05) is 6.61 Å². The van der Waals surface area contributed by atoms with E-state index >= 15 is 0 Å². The van der Waals surface area contributed by atoms with Gasteiger partial charge in [0.05, 0.1) is 12.1 Å². The number of aliphatic hydroxyl groups is 1. The number of rotatable bonds is 4. The zero-order valence-electron chi connectivity index (χ0n) is 12.4. The monoisotopic (exact) mass is 289 g/mol. The minimum absolute atomic E-state index is 0.0801. The molecule has 0 radical (unpaired) electrons. The van der Waals surface area contributed by atoms with E-state index in [0.29, 0.717) is 11.7 Å². The normalized spacial score (nSPS) is 17.7. The number of aliphatic hydroxyl groups excluding tert-OH is 1. The number of amides is 1. The fraction of sp³-hybridized carbons (Fsp3) is 0.571. The summed E-state index contributed by atoms with van der Waals surface area (Å²) >= 11 is 0. The van der Waals surface area contributed by atoms with Crippen molar-refractivity contribution in [1.29, 1.82) is 0 Å². The zero-order valence-corrected chi connectivity index (χ0v) is 12.4. The minimum atomic E-state index is -0.604. The van der Waals surface area contributed by atoms with Crippen molar-refractivity contribution >= 4 is 11.7 Å². The van der Waals surface area contributed by atoms with Crippen LogP contribution in [0.15, 0.2) is 6.07 Å². The molecule has 7 heteroatoms. The van der Waals surface area contributed by atoms with E-state index < -0.39 is 5.54 Å². The second kappa shape index (κ2) is 4.77. The number of hydrogen-bond donors (Lipinski definition) is 2. The van der Waals surface area contributed by atoms with Gasteiger partial charge in [-0.05, 0) is 45.6 Å². The van der Waals surface area contributed by atoms with Crippen molar-refractivity contribution in [3.8, 4) is 0 Å². The Balaban J connectivity index is 1.89. The maximum atomic E-state index is 12.3. The molecule has 1 saturated carbocycles. The van der Waals surface area contributed by atoms with E-state index in [0.717, 1.165) is 24.2 Å². The predicted molar refractivity (Wildman–Crippen MR) is 75.9 cm³/mol. The number of aromatic nitrogens is 4. The Morgan fingerprint density at radius 2 is 2.19 bits per heavy atom. The molecule has 21 heavy (non-hydrogen) atoms. The average Bonchev–Trinajstić information content (AvgIpc) is 3.19. The first kappa shape index (κ1) is 13.9. The summed E-state index contributed by atoms with van der Waals surface area (Å²) in [6.45, 7) is 5.52. The highest BCUT2D eigenvalue weighted by Crippen LogP contribution is 2.39. The van der Waals surface area contributed by atoms with Gasteiger partial charge in [-0.25, -0.2) is 9.50 Å². The van der Waals surface area contributed by atoms with Gasteiger partial charge in [0.1, 0.15) is 0 Å². The van der Waals surface area contributed by atoms with Crippen LogP contribution in [0.3, 0.4) is 0 Å². The molecule has 1 unspecified atom stereocenters. The highest BCUT2D eigenvalue weighted by molar-refractivity contribution is 5.91. The molecule has 1 fully saturated rings. The largest absolute Gasteiger partial charge is 0.394 e. The van der Waals surface area contributed by atoms with Gasteiger partial charge in [-0.15, -0.1) is 5.10 Å². The summed E-state index contributed by atoms with van der Waals surface area (Å²) in [4.78, 5) is 20.8. The Hall–Kier alpha value is -2.02. The van der Waals surface area contributed by atoms with Crippen LogP contribution in [0.5, 0.6) is 0 Å². The van der Waals surface area contributed by atoms with E-state index in [9.17, 15) is 9.90 Å². The van der Waals surface area contributed by atoms with Crippen LogP contribution in [0.2, 0.25) is 0 Å². The Morgan fingerprint density at radius 3 is 2.81 bits per heavy atom. The first-order valence-corrected chi connectivity index (χ1v) is 7.07. The Morgan fingerprint density at radius 1 is 1.48 bits per heavy atom. The molecule has 0 aliphatic heterocycles. The van der Waals surface area contributed by atoms with E-state index in [4.69, 9.17) is 0 Å². The molecule has 7 nitrogen and oxygen atoms in total. The smallest absolute Gasteiger partial charge is 0.291 e. The summed E-state index contributed by atoms with van der Waals surface area (Å²) in [5, 5.41) is 16.6. The molecule has 0 bridgehead atoms. The topological polar surface area (TPSA) is 92.4 Å². The minimum Gasteiger partial charge on any atom is -0.394 e. The standard InChI is InChI=1S/C14H19N5O2/c1-8-6-9(2)19-13(15-8)16-11(18-19)12(21)17-14(3,7-20)10-4-5-10/h6,10,20H,4-5,7H2,1-3H3,(H,17,21). The quantitative estimate of drug-likeness (QED) is 0.861. The molecule has 2 heterocycles. The maximum Gasteiger partial charge on any atom is 0.291 e. The number of nitrogens with zero attached hydrogens (tertiary/aromatic N) is 4. The molecular weight excluding hydrogens is 270 g/mol. The first-order chi connectivity index (χ1) is 9.93. The zero-order chi connectivity index (χ0) is 15.2. The lowest BCUT2D eigenvalue weighted by Gasteiger charge is -2.27. The van der Waals surface area contributed by atoms with Crippen LogP contribution in [-0.2, 0) is 0 Å². The van der Waals surface area contributed by atoms with Gasteiger partial charge in [-0.3, -0.25) is 4.79 Å². The maximum absolute atomic E-state index is 12.3. The van der Waals surface area contributed by atoms with Crippen molar-refractivity contribution in [1.82, 2.24) is 24.9 Å². The Kier molecular flexibility index (Phi) is 3.16. The molecule has 1 amide bonds. The van der Waals surface area contributed by atoms with Crippen molar-refractivity contribution in [3.05, 3.63) is 23.3 Å². The number of nitrogens with one attached hydrogen (secondary N) is 1. The molecule has 3 rings (SSSR count). The molecule has 2 aromatic rings. The van der Waals surface area contributed by atoms with Crippen LogP contribution in [-0.4, -0.2) is 42.7 Å². The average molecular weight is 289 g/mol. The van der Waals surface area contributed by atoms with Gasteiger partial charge in [-0.2, -0.15) is 4.98 Å². The van der Waals surface area contributed by atoms with Gasteiger partial charge in [-0.1, -0.05) is 0 Å². The van der Waals surface area contributed by atoms with Crippen molar-refractivity contribution in [2.45, 2.75) is 39.2 Å². The number of carbonyl (C=O) groups is 1. The van der Waals surface area contributed by atoms with Crippen LogP contribution in [0.25, 0.3) is 5.78 Å². The third-order valence-electron chi connectivity index (χ3n) is 4.03. The second-order valence-electron chi connectivity index (χ2n) is 5.99.